The van der Waals surface area contributed by atoms with Gasteiger partial charge < -0.3 is 10.2 Å². The second-order valence-electron chi connectivity index (χ2n) is 6.37. The fourth-order valence-corrected chi connectivity index (χ4v) is 3.63. The molecule has 2 aromatic rings. The lowest BCUT2D eigenvalue weighted by atomic mass is 10.1. The normalized spacial score (nSPS) is 12.2. The van der Waals surface area contributed by atoms with E-state index in [1.807, 2.05) is 0 Å². The van der Waals surface area contributed by atoms with Gasteiger partial charge in [-0.2, -0.15) is 0 Å². The van der Waals surface area contributed by atoms with Crippen LogP contribution in [0.3, 0.4) is 0 Å². The molecule has 0 bridgehead atoms. The van der Waals surface area contributed by atoms with Crippen molar-refractivity contribution in [3.63, 3.8) is 0 Å². The highest BCUT2D eigenvalue weighted by Gasteiger charge is 2.20. The van der Waals surface area contributed by atoms with Gasteiger partial charge in [-0.3, -0.25) is 0 Å². The van der Waals surface area contributed by atoms with Gasteiger partial charge in [0.15, 0.2) is 5.11 Å². The van der Waals surface area contributed by atoms with Crippen LogP contribution in [0.2, 0.25) is 0 Å². The van der Waals surface area contributed by atoms with E-state index in [4.69, 9.17) is 12.2 Å². The summed E-state index contributed by atoms with van der Waals surface area (Å²) in [6, 6.07) is 12.9. The van der Waals surface area contributed by atoms with Crippen molar-refractivity contribution in [3.05, 3.63) is 52.2 Å². The van der Waals surface area contributed by atoms with Crippen molar-refractivity contribution >= 4 is 34.4 Å². The van der Waals surface area contributed by atoms with Gasteiger partial charge in [-0.25, -0.2) is 0 Å². The first-order valence-electron chi connectivity index (χ1n) is 8.15. The molecule has 2 rings (SSSR count). The highest BCUT2D eigenvalue weighted by atomic mass is 32.1. The third kappa shape index (κ3) is 5.33. The third-order valence-electron chi connectivity index (χ3n) is 3.90. The molecule has 1 N–H and O–H groups in total. The number of benzene rings is 1. The van der Waals surface area contributed by atoms with Gasteiger partial charge in [0, 0.05) is 17.1 Å². The molecule has 1 aromatic carbocycles. The van der Waals surface area contributed by atoms with Crippen LogP contribution in [0.1, 0.15) is 43.7 Å². The number of nitrogens with one attached hydrogen (secondary N) is 1. The quantitative estimate of drug-likeness (QED) is 0.659. The van der Waals surface area contributed by atoms with Crippen LogP contribution in [0.25, 0.3) is 0 Å². The van der Waals surface area contributed by atoms with E-state index in [0.717, 1.165) is 23.8 Å². The molecule has 0 saturated heterocycles. The van der Waals surface area contributed by atoms with Crippen LogP contribution in [0.5, 0.6) is 0 Å². The van der Waals surface area contributed by atoms with E-state index in [1.165, 1.54) is 10.4 Å². The second-order valence-corrected chi connectivity index (χ2v) is 7.73. The molecule has 0 unspecified atom stereocenters. The maximum absolute atomic E-state index is 5.72. The predicted molar refractivity (Wildman–Crippen MR) is 106 cm³/mol. The highest BCUT2D eigenvalue weighted by molar-refractivity contribution is 7.80. The Hall–Kier alpha value is -1.39. The number of hydrogen-bond donors (Lipinski definition) is 1. The molecule has 23 heavy (non-hydrogen) atoms. The molecule has 0 saturated carbocycles. The average molecular weight is 347 g/mol. The number of hydrogen-bond acceptors (Lipinski definition) is 2. The van der Waals surface area contributed by atoms with Crippen LogP contribution in [0.15, 0.2) is 41.8 Å². The van der Waals surface area contributed by atoms with Crippen LogP contribution in [-0.4, -0.2) is 16.6 Å². The number of thiocarbonyl (C=S) groups is 1. The van der Waals surface area contributed by atoms with Gasteiger partial charge in [-0.15, -0.1) is 11.3 Å². The van der Waals surface area contributed by atoms with Gasteiger partial charge >= 0.3 is 0 Å². The van der Waals surface area contributed by atoms with Crippen LogP contribution >= 0.6 is 23.6 Å². The van der Waals surface area contributed by atoms with Gasteiger partial charge in [0.2, 0.25) is 0 Å². The Balaban J connectivity index is 2.13. The summed E-state index contributed by atoms with van der Waals surface area (Å²) in [6.45, 7) is 9.81. The zero-order valence-corrected chi connectivity index (χ0v) is 16.0. The Bertz CT molecular complexity index is 620. The number of thiophene rings is 1. The Kier molecular flexibility index (Phi) is 6.60. The van der Waals surface area contributed by atoms with E-state index in [0.29, 0.717) is 12.0 Å². The van der Waals surface area contributed by atoms with E-state index >= 15 is 0 Å². The van der Waals surface area contributed by atoms with Gasteiger partial charge in [0.05, 0.1) is 6.04 Å². The Morgan fingerprint density at radius 1 is 1.22 bits per heavy atom. The molecule has 1 heterocycles. The number of aryl methyl sites for hydroxylation is 1. The largest absolute Gasteiger partial charge is 0.341 e. The summed E-state index contributed by atoms with van der Waals surface area (Å²) < 4.78 is 0. The summed E-state index contributed by atoms with van der Waals surface area (Å²) in [7, 11) is 0. The summed E-state index contributed by atoms with van der Waals surface area (Å²) in [5, 5.41) is 6.34. The highest BCUT2D eigenvalue weighted by Crippen LogP contribution is 2.26. The van der Waals surface area contributed by atoms with Gasteiger partial charge in [-0.1, -0.05) is 32.0 Å². The van der Waals surface area contributed by atoms with Crippen LogP contribution in [0.4, 0.5) is 5.69 Å². The smallest absolute Gasteiger partial charge is 0.173 e. The third-order valence-corrected chi connectivity index (χ3v) is 5.28. The molecule has 0 amide bonds. The molecule has 4 heteroatoms. The minimum Gasteiger partial charge on any atom is -0.341 e. The summed E-state index contributed by atoms with van der Waals surface area (Å²) in [5.41, 5.74) is 2.29. The number of nitrogens with zero attached hydrogens (tertiary/aromatic N) is 1. The van der Waals surface area contributed by atoms with Crippen molar-refractivity contribution in [2.45, 2.75) is 40.2 Å². The lowest BCUT2D eigenvalue weighted by Gasteiger charge is -2.32. The first-order valence-corrected chi connectivity index (χ1v) is 9.44. The van der Waals surface area contributed by atoms with Crippen molar-refractivity contribution in [1.82, 2.24) is 4.90 Å². The molecule has 0 radical (unpaired) electrons. The summed E-state index contributed by atoms with van der Waals surface area (Å²) >= 11 is 7.51. The van der Waals surface area contributed by atoms with Crippen molar-refractivity contribution in [2.75, 3.05) is 11.9 Å². The summed E-state index contributed by atoms with van der Waals surface area (Å²) in [6.07, 6.45) is 1.13. The van der Waals surface area contributed by atoms with E-state index in [9.17, 15) is 0 Å². The van der Waals surface area contributed by atoms with Crippen LogP contribution < -0.4 is 5.32 Å². The maximum atomic E-state index is 5.72. The summed E-state index contributed by atoms with van der Waals surface area (Å²) in [5.74, 6) is 0.662. The molecule has 1 aromatic heterocycles. The number of rotatable bonds is 6. The predicted octanol–water partition coefficient (Wildman–Crippen LogP) is 5.86. The second kappa shape index (κ2) is 8.46. The van der Waals surface area contributed by atoms with Gasteiger partial charge in [-0.05, 0) is 67.5 Å². The topological polar surface area (TPSA) is 15.3 Å². The fraction of sp³-hybridized carbons (Fsp3) is 0.421. The summed E-state index contributed by atoms with van der Waals surface area (Å²) in [4.78, 5) is 3.66. The van der Waals surface area contributed by atoms with E-state index < -0.39 is 0 Å². The van der Waals surface area contributed by atoms with Crippen molar-refractivity contribution < 1.29 is 0 Å². The van der Waals surface area contributed by atoms with Gasteiger partial charge in [0.1, 0.15) is 0 Å². The fourth-order valence-electron chi connectivity index (χ4n) is 2.47. The molecular weight excluding hydrogens is 320 g/mol. The Labute approximate surface area is 149 Å². The zero-order chi connectivity index (χ0) is 16.8. The molecule has 124 valence electrons. The molecule has 0 spiro atoms. The standard InChI is InChI=1S/C19H26N2S2/c1-14(2)10-11-21(16(4)18-9-6-12-23-18)19(22)20-17-8-5-7-15(3)13-17/h5-9,12-14,16H,10-11H2,1-4H3,(H,20,22)/t16-/m1/s1. The minimum absolute atomic E-state index is 0.290. The average Bonchev–Trinajstić information content (AvgIpc) is 3.01. The maximum Gasteiger partial charge on any atom is 0.173 e. The Morgan fingerprint density at radius 2 is 2.00 bits per heavy atom. The van der Waals surface area contributed by atoms with E-state index in [-0.39, 0.29) is 0 Å². The van der Waals surface area contributed by atoms with Crippen molar-refractivity contribution in [3.8, 4) is 0 Å². The number of anilines is 1. The van der Waals surface area contributed by atoms with E-state index in [1.54, 1.807) is 11.3 Å². The molecule has 0 aliphatic carbocycles. The van der Waals surface area contributed by atoms with Crippen LogP contribution in [-0.2, 0) is 0 Å². The van der Waals surface area contributed by atoms with Gasteiger partial charge in [0.25, 0.3) is 0 Å². The Morgan fingerprint density at radius 3 is 2.61 bits per heavy atom. The zero-order valence-electron chi connectivity index (χ0n) is 14.4. The SMILES string of the molecule is Cc1cccc(NC(=S)N(CCC(C)C)[C@H](C)c2cccs2)c1. The first-order chi connectivity index (χ1) is 11.0. The lowest BCUT2D eigenvalue weighted by molar-refractivity contribution is 0.322. The van der Waals surface area contributed by atoms with Crippen molar-refractivity contribution in [2.24, 2.45) is 5.92 Å². The monoisotopic (exact) mass is 346 g/mol. The molecule has 0 aliphatic heterocycles. The van der Waals surface area contributed by atoms with Crippen molar-refractivity contribution in [1.29, 1.82) is 0 Å². The van der Waals surface area contributed by atoms with Crippen LogP contribution in [0, 0.1) is 12.8 Å². The molecule has 2 nitrogen and oxygen atoms in total. The molecule has 0 aliphatic rings. The molecular formula is C19H26N2S2. The lowest BCUT2D eigenvalue weighted by Crippen LogP contribution is -2.37. The first kappa shape index (κ1) is 18.0. The molecule has 1 atom stereocenters. The van der Waals surface area contributed by atoms with E-state index in [2.05, 4.69) is 79.7 Å². The minimum atomic E-state index is 0.290. The molecule has 0 fully saturated rings.